The van der Waals surface area contributed by atoms with Gasteiger partial charge in [0.15, 0.2) is 4.80 Å². The molecule has 0 N–H and O–H groups in total. The summed E-state index contributed by atoms with van der Waals surface area (Å²) in [5.41, 5.74) is 2.93. The molecule has 27 heavy (non-hydrogen) atoms. The lowest BCUT2D eigenvalue weighted by Crippen LogP contribution is -2.20. The molecular weight excluding hydrogens is 366 g/mol. The number of ether oxygens (including phenoxy) is 1. The number of nitro benzene ring substituents is 1. The molecule has 2 aromatic carbocycles. The van der Waals surface area contributed by atoms with E-state index in [0.717, 1.165) is 21.3 Å². The number of para-hydroxylation sites is 1. The molecule has 0 fully saturated rings. The number of nitrogens with zero attached hydrogens (tertiary/aromatic N) is 3. The fourth-order valence-corrected chi connectivity index (χ4v) is 4.26. The Morgan fingerprint density at radius 1 is 1.30 bits per heavy atom. The Morgan fingerprint density at radius 2 is 2.04 bits per heavy atom. The first-order valence-electron chi connectivity index (χ1n) is 8.34. The van der Waals surface area contributed by atoms with Crippen molar-refractivity contribution in [3.63, 3.8) is 0 Å². The molecule has 3 rings (SSSR count). The third kappa shape index (κ3) is 3.81. The molecular formula is C19H19N3O4S. The Kier molecular flexibility index (Phi) is 5.48. The minimum absolute atomic E-state index is 0.0221. The molecule has 0 saturated heterocycles. The maximum Gasteiger partial charge on any atom is 0.286 e. The first-order valence-corrected chi connectivity index (χ1v) is 9.16. The van der Waals surface area contributed by atoms with Crippen molar-refractivity contribution in [1.82, 2.24) is 4.57 Å². The SMILES string of the molecule is COCCn1c(=NC(=O)c2ccccc2[N+](=O)[O-])sc2cc(C)cc(C)c21. The number of amides is 1. The van der Waals surface area contributed by atoms with E-state index in [9.17, 15) is 14.9 Å². The van der Waals surface area contributed by atoms with Gasteiger partial charge in [0.1, 0.15) is 5.56 Å². The van der Waals surface area contributed by atoms with E-state index >= 15 is 0 Å². The molecule has 1 heterocycles. The third-order valence-corrected chi connectivity index (χ3v) is 5.18. The lowest BCUT2D eigenvalue weighted by Gasteiger charge is -2.07. The summed E-state index contributed by atoms with van der Waals surface area (Å²) in [6.45, 7) is 5.02. The quantitative estimate of drug-likeness (QED) is 0.496. The van der Waals surface area contributed by atoms with Gasteiger partial charge in [0.2, 0.25) is 0 Å². The van der Waals surface area contributed by atoms with E-state index in [1.54, 1.807) is 13.2 Å². The average molecular weight is 385 g/mol. The van der Waals surface area contributed by atoms with Gasteiger partial charge in [0.25, 0.3) is 11.6 Å². The lowest BCUT2D eigenvalue weighted by atomic mass is 10.1. The van der Waals surface area contributed by atoms with E-state index in [0.29, 0.717) is 18.0 Å². The zero-order chi connectivity index (χ0) is 19.6. The minimum atomic E-state index is -0.630. The van der Waals surface area contributed by atoms with Crippen molar-refractivity contribution in [3.05, 3.63) is 68.0 Å². The Hall–Kier alpha value is -2.84. The number of benzene rings is 2. The first-order chi connectivity index (χ1) is 12.9. The summed E-state index contributed by atoms with van der Waals surface area (Å²) in [5.74, 6) is -0.630. The highest BCUT2D eigenvalue weighted by Gasteiger charge is 2.19. The van der Waals surface area contributed by atoms with Crippen LogP contribution >= 0.6 is 11.3 Å². The molecule has 3 aromatic rings. The van der Waals surface area contributed by atoms with Gasteiger partial charge >= 0.3 is 0 Å². The lowest BCUT2D eigenvalue weighted by molar-refractivity contribution is -0.385. The summed E-state index contributed by atoms with van der Waals surface area (Å²) in [6.07, 6.45) is 0. The number of nitro groups is 1. The van der Waals surface area contributed by atoms with Gasteiger partial charge in [-0.2, -0.15) is 4.99 Å². The molecule has 0 radical (unpaired) electrons. The number of carbonyl (C=O) groups is 1. The smallest absolute Gasteiger partial charge is 0.286 e. The van der Waals surface area contributed by atoms with Crippen molar-refractivity contribution in [2.24, 2.45) is 4.99 Å². The van der Waals surface area contributed by atoms with Crippen molar-refractivity contribution >= 4 is 33.1 Å². The van der Waals surface area contributed by atoms with Gasteiger partial charge in [-0.15, -0.1) is 0 Å². The normalized spacial score (nSPS) is 11.9. The largest absolute Gasteiger partial charge is 0.383 e. The molecule has 0 spiro atoms. The maximum atomic E-state index is 12.7. The molecule has 0 bridgehead atoms. The highest BCUT2D eigenvalue weighted by atomic mass is 32.1. The van der Waals surface area contributed by atoms with Crippen LogP contribution in [0.1, 0.15) is 21.5 Å². The van der Waals surface area contributed by atoms with Gasteiger partial charge in [0.05, 0.1) is 21.7 Å². The van der Waals surface area contributed by atoms with Crippen molar-refractivity contribution in [2.45, 2.75) is 20.4 Å². The van der Waals surface area contributed by atoms with Gasteiger partial charge in [-0.3, -0.25) is 14.9 Å². The van der Waals surface area contributed by atoms with Gasteiger partial charge in [0, 0.05) is 19.7 Å². The van der Waals surface area contributed by atoms with Gasteiger partial charge in [-0.05, 0) is 37.1 Å². The fourth-order valence-electron chi connectivity index (χ4n) is 3.03. The summed E-state index contributed by atoms with van der Waals surface area (Å²) in [4.78, 5) is 28.0. The van der Waals surface area contributed by atoms with Crippen LogP contribution in [0.15, 0.2) is 41.4 Å². The maximum absolute atomic E-state index is 12.7. The number of aromatic nitrogens is 1. The molecule has 1 amide bonds. The molecule has 0 atom stereocenters. The van der Waals surface area contributed by atoms with Crippen LogP contribution in [0.4, 0.5) is 5.69 Å². The van der Waals surface area contributed by atoms with Crippen LogP contribution in [0.2, 0.25) is 0 Å². The van der Waals surface area contributed by atoms with Crippen molar-refractivity contribution in [2.75, 3.05) is 13.7 Å². The van der Waals surface area contributed by atoms with Crippen LogP contribution in [-0.4, -0.2) is 29.1 Å². The van der Waals surface area contributed by atoms with E-state index in [4.69, 9.17) is 4.74 Å². The number of hydrogen-bond donors (Lipinski definition) is 0. The van der Waals surface area contributed by atoms with Crippen molar-refractivity contribution in [3.8, 4) is 0 Å². The zero-order valence-electron chi connectivity index (χ0n) is 15.3. The Bertz CT molecular complexity index is 1100. The summed E-state index contributed by atoms with van der Waals surface area (Å²) in [6, 6.07) is 9.97. The van der Waals surface area contributed by atoms with E-state index < -0.39 is 10.8 Å². The second-order valence-corrected chi connectivity index (χ2v) is 7.16. The van der Waals surface area contributed by atoms with Crippen LogP contribution < -0.4 is 4.80 Å². The van der Waals surface area contributed by atoms with E-state index in [1.807, 2.05) is 24.5 Å². The molecule has 0 aliphatic carbocycles. The zero-order valence-corrected chi connectivity index (χ0v) is 16.1. The Balaban J connectivity index is 2.20. The standard InChI is InChI=1S/C19H19N3O4S/c1-12-10-13(2)17-16(11-12)27-19(21(17)8-9-26-3)20-18(23)14-6-4-5-7-15(14)22(24)25/h4-7,10-11H,8-9H2,1-3H3. The number of hydrogen-bond acceptors (Lipinski definition) is 5. The summed E-state index contributed by atoms with van der Waals surface area (Å²) in [7, 11) is 1.61. The number of aryl methyl sites for hydroxylation is 2. The third-order valence-electron chi connectivity index (χ3n) is 4.16. The van der Waals surface area contributed by atoms with Crippen LogP contribution in [0.5, 0.6) is 0 Å². The second-order valence-electron chi connectivity index (χ2n) is 6.15. The van der Waals surface area contributed by atoms with Crippen LogP contribution in [0, 0.1) is 24.0 Å². The monoisotopic (exact) mass is 385 g/mol. The van der Waals surface area contributed by atoms with Gasteiger partial charge in [-0.1, -0.05) is 29.5 Å². The highest BCUT2D eigenvalue weighted by Crippen LogP contribution is 2.24. The molecule has 0 aliphatic rings. The fraction of sp³-hybridized carbons (Fsp3) is 0.263. The Labute approximate surface area is 159 Å². The first kappa shape index (κ1) is 18.9. The minimum Gasteiger partial charge on any atom is -0.383 e. The molecule has 140 valence electrons. The molecule has 1 aromatic heterocycles. The molecule has 7 nitrogen and oxygen atoms in total. The molecule has 0 aliphatic heterocycles. The summed E-state index contributed by atoms with van der Waals surface area (Å²) < 4.78 is 8.14. The molecule has 8 heteroatoms. The van der Waals surface area contributed by atoms with Crippen molar-refractivity contribution in [1.29, 1.82) is 0 Å². The topological polar surface area (TPSA) is 86.7 Å². The van der Waals surface area contributed by atoms with Crippen molar-refractivity contribution < 1.29 is 14.5 Å². The summed E-state index contributed by atoms with van der Waals surface area (Å²) >= 11 is 1.39. The number of carbonyl (C=O) groups excluding carboxylic acids is 1. The number of rotatable bonds is 5. The van der Waals surface area contributed by atoms with Crippen LogP contribution in [0.3, 0.4) is 0 Å². The number of thiazole rings is 1. The van der Waals surface area contributed by atoms with E-state index in [-0.39, 0.29) is 11.3 Å². The number of fused-ring (bicyclic) bond motifs is 1. The van der Waals surface area contributed by atoms with Crippen LogP contribution in [0.25, 0.3) is 10.2 Å². The van der Waals surface area contributed by atoms with Crippen LogP contribution in [-0.2, 0) is 11.3 Å². The van der Waals surface area contributed by atoms with Gasteiger partial charge in [-0.25, -0.2) is 0 Å². The summed E-state index contributed by atoms with van der Waals surface area (Å²) in [5, 5.41) is 11.2. The average Bonchev–Trinajstić information content (AvgIpc) is 2.96. The second kappa shape index (κ2) is 7.81. The number of methoxy groups -OCH3 is 1. The molecule has 0 unspecified atom stereocenters. The van der Waals surface area contributed by atoms with Gasteiger partial charge < -0.3 is 9.30 Å². The predicted octanol–water partition coefficient (Wildman–Crippen LogP) is 3.62. The predicted molar refractivity (Wildman–Crippen MR) is 104 cm³/mol. The van der Waals surface area contributed by atoms with E-state index in [1.165, 1.54) is 29.5 Å². The highest BCUT2D eigenvalue weighted by molar-refractivity contribution is 7.16. The molecule has 0 saturated carbocycles. The van der Waals surface area contributed by atoms with E-state index in [2.05, 4.69) is 11.1 Å². The Morgan fingerprint density at radius 3 is 2.74 bits per heavy atom.